The number of hydrogen-bond donors (Lipinski definition) is 0. The van der Waals surface area contributed by atoms with Gasteiger partial charge in [0, 0.05) is 12.5 Å². The molecule has 0 saturated heterocycles. The molecule has 2 aromatic rings. The predicted octanol–water partition coefficient (Wildman–Crippen LogP) is 2.87. The number of para-hydroxylation sites is 2. The lowest BCUT2D eigenvalue weighted by molar-refractivity contribution is -0.143. The minimum atomic E-state index is -0.250. The van der Waals surface area contributed by atoms with Crippen LogP contribution in [-0.2, 0) is 16.0 Å². The minimum absolute atomic E-state index is 0.250. The summed E-state index contributed by atoms with van der Waals surface area (Å²) < 4.78 is 16.2. The Morgan fingerprint density at radius 3 is 2.67 bits per heavy atom. The molecular weight excluding hydrogens is 272 g/mol. The zero-order valence-electron chi connectivity index (χ0n) is 11.5. The summed E-state index contributed by atoms with van der Waals surface area (Å²) in [7, 11) is 0. The van der Waals surface area contributed by atoms with Crippen molar-refractivity contribution in [3.8, 4) is 23.1 Å². The summed E-state index contributed by atoms with van der Waals surface area (Å²) in [5.41, 5.74) is 0.657. The van der Waals surface area contributed by atoms with Crippen LogP contribution in [0.4, 0.5) is 0 Å². The molecular formula is C15H14N2O4. The number of ether oxygens (including phenoxy) is 3. The number of benzene rings is 1. The highest BCUT2D eigenvalue weighted by atomic mass is 16.6. The van der Waals surface area contributed by atoms with E-state index in [1.165, 1.54) is 0 Å². The smallest absolute Gasteiger partial charge is 0.306 e. The molecule has 1 aromatic heterocycles. The Bertz CT molecular complexity index is 672. The van der Waals surface area contributed by atoms with E-state index in [1.54, 1.807) is 19.1 Å². The number of aryl methyl sites for hydroxylation is 1. The van der Waals surface area contributed by atoms with Gasteiger partial charge in [0.2, 0.25) is 0 Å². The third kappa shape index (κ3) is 2.94. The Balaban J connectivity index is 1.73. The molecule has 108 valence electrons. The molecule has 3 rings (SSSR count). The first-order valence-electron chi connectivity index (χ1n) is 6.73. The summed E-state index contributed by atoms with van der Waals surface area (Å²) >= 11 is 0. The van der Waals surface area contributed by atoms with Gasteiger partial charge in [-0.2, -0.15) is 5.10 Å². The second kappa shape index (κ2) is 5.78. The minimum Gasteiger partial charge on any atom is -0.466 e. The van der Waals surface area contributed by atoms with Crippen LogP contribution >= 0.6 is 0 Å². The molecule has 6 heteroatoms. The highest BCUT2D eigenvalue weighted by molar-refractivity contribution is 5.69. The van der Waals surface area contributed by atoms with Gasteiger partial charge in [0.1, 0.15) is 0 Å². The van der Waals surface area contributed by atoms with Crippen molar-refractivity contribution < 1.29 is 19.0 Å². The van der Waals surface area contributed by atoms with Gasteiger partial charge in [-0.05, 0) is 19.1 Å². The molecule has 0 fully saturated rings. The van der Waals surface area contributed by atoms with E-state index in [0.29, 0.717) is 41.9 Å². The molecule has 0 N–H and O–H groups in total. The van der Waals surface area contributed by atoms with Crippen molar-refractivity contribution in [2.24, 2.45) is 0 Å². The van der Waals surface area contributed by atoms with Crippen LogP contribution in [-0.4, -0.2) is 22.8 Å². The number of fused-ring (bicyclic) bond motifs is 2. The molecule has 0 aliphatic carbocycles. The summed E-state index contributed by atoms with van der Waals surface area (Å²) in [6.45, 7) is 2.15. The quantitative estimate of drug-likeness (QED) is 0.687. The van der Waals surface area contributed by atoms with Crippen LogP contribution < -0.4 is 9.47 Å². The summed E-state index contributed by atoms with van der Waals surface area (Å²) in [5.74, 6) is 1.82. The van der Waals surface area contributed by atoms with Crippen molar-refractivity contribution in [1.82, 2.24) is 10.2 Å². The number of nitrogens with zero attached hydrogens (tertiary/aromatic N) is 2. The third-order valence-electron chi connectivity index (χ3n) is 2.94. The average molecular weight is 286 g/mol. The molecule has 6 nitrogen and oxygen atoms in total. The maximum atomic E-state index is 11.3. The van der Waals surface area contributed by atoms with Crippen molar-refractivity contribution in [1.29, 1.82) is 0 Å². The Morgan fingerprint density at radius 1 is 1.14 bits per heavy atom. The monoisotopic (exact) mass is 286 g/mol. The summed E-state index contributed by atoms with van der Waals surface area (Å²) in [6.07, 6.45) is 0.711. The largest absolute Gasteiger partial charge is 0.466 e. The van der Waals surface area contributed by atoms with E-state index in [1.807, 2.05) is 18.2 Å². The Hall–Kier alpha value is -2.63. The first kappa shape index (κ1) is 13.4. The Labute approximate surface area is 121 Å². The second-order valence-electron chi connectivity index (χ2n) is 4.46. The van der Waals surface area contributed by atoms with Gasteiger partial charge < -0.3 is 14.2 Å². The average Bonchev–Trinajstić information content (AvgIpc) is 2.51. The van der Waals surface area contributed by atoms with Crippen molar-refractivity contribution in [3.05, 3.63) is 36.0 Å². The first-order chi connectivity index (χ1) is 10.3. The van der Waals surface area contributed by atoms with Crippen molar-refractivity contribution in [3.63, 3.8) is 0 Å². The fourth-order valence-electron chi connectivity index (χ4n) is 1.97. The Kier molecular flexibility index (Phi) is 3.68. The molecule has 0 spiro atoms. The van der Waals surface area contributed by atoms with Crippen LogP contribution in [0.2, 0.25) is 0 Å². The van der Waals surface area contributed by atoms with Crippen LogP contribution in [0.25, 0.3) is 0 Å². The zero-order chi connectivity index (χ0) is 14.7. The fraction of sp³-hybridized carbons (Fsp3) is 0.267. The Morgan fingerprint density at radius 2 is 1.90 bits per heavy atom. The van der Waals surface area contributed by atoms with Gasteiger partial charge in [0.05, 0.1) is 18.7 Å². The van der Waals surface area contributed by atoms with Gasteiger partial charge in [-0.1, -0.05) is 12.1 Å². The van der Waals surface area contributed by atoms with Crippen molar-refractivity contribution in [2.75, 3.05) is 6.61 Å². The molecule has 1 aromatic carbocycles. The van der Waals surface area contributed by atoms with E-state index in [0.717, 1.165) is 0 Å². The maximum Gasteiger partial charge on any atom is 0.306 e. The number of rotatable bonds is 4. The SMILES string of the molecule is CCOC(=O)CCc1cc2c(nn1)Oc1ccccc1O2. The molecule has 1 aliphatic rings. The number of carbonyl (C=O) groups excluding carboxylic acids is 1. The highest BCUT2D eigenvalue weighted by Crippen LogP contribution is 2.43. The fourth-order valence-corrected chi connectivity index (χ4v) is 1.97. The second-order valence-corrected chi connectivity index (χ2v) is 4.46. The topological polar surface area (TPSA) is 70.5 Å². The van der Waals surface area contributed by atoms with E-state index < -0.39 is 0 Å². The number of esters is 1. The lowest BCUT2D eigenvalue weighted by Crippen LogP contribution is -2.08. The molecule has 1 aliphatic heterocycles. The van der Waals surface area contributed by atoms with Gasteiger partial charge >= 0.3 is 5.97 Å². The van der Waals surface area contributed by atoms with E-state index in [2.05, 4.69) is 10.2 Å². The molecule has 0 amide bonds. The number of carbonyl (C=O) groups is 1. The van der Waals surface area contributed by atoms with Crippen LogP contribution in [0.5, 0.6) is 23.1 Å². The highest BCUT2D eigenvalue weighted by Gasteiger charge is 2.20. The van der Waals surface area contributed by atoms with Crippen LogP contribution in [0.3, 0.4) is 0 Å². The van der Waals surface area contributed by atoms with Crippen molar-refractivity contribution in [2.45, 2.75) is 19.8 Å². The molecule has 0 radical (unpaired) electrons. The van der Waals surface area contributed by atoms with Crippen LogP contribution in [0.1, 0.15) is 19.0 Å². The van der Waals surface area contributed by atoms with Gasteiger partial charge in [0.25, 0.3) is 5.88 Å². The molecule has 0 bridgehead atoms. The molecule has 0 unspecified atom stereocenters. The molecule has 2 heterocycles. The van der Waals surface area contributed by atoms with Gasteiger partial charge in [-0.15, -0.1) is 5.10 Å². The van der Waals surface area contributed by atoms with Gasteiger partial charge in [0.15, 0.2) is 17.2 Å². The summed E-state index contributed by atoms with van der Waals surface area (Å²) in [6, 6.07) is 9.07. The molecule has 0 saturated carbocycles. The third-order valence-corrected chi connectivity index (χ3v) is 2.94. The molecule has 0 atom stereocenters. The lowest BCUT2D eigenvalue weighted by Gasteiger charge is -2.19. The predicted molar refractivity (Wildman–Crippen MR) is 73.6 cm³/mol. The van der Waals surface area contributed by atoms with Gasteiger partial charge in [-0.25, -0.2) is 0 Å². The normalized spacial score (nSPS) is 11.7. The zero-order valence-corrected chi connectivity index (χ0v) is 11.5. The van der Waals surface area contributed by atoms with Crippen LogP contribution in [0, 0.1) is 0 Å². The number of aromatic nitrogens is 2. The van der Waals surface area contributed by atoms with E-state index in [9.17, 15) is 4.79 Å². The van der Waals surface area contributed by atoms with E-state index in [-0.39, 0.29) is 12.4 Å². The standard InChI is InChI=1S/C15H14N2O4/c1-2-19-14(18)8-7-10-9-13-15(17-16-10)21-12-6-4-3-5-11(12)20-13/h3-6,9H,2,7-8H2,1H3. The summed E-state index contributed by atoms with van der Waals surface area (Å²) in [4.78, 5) is 11.3. The van der Waals surface area contributed by atoms with Gasteiger partial charge in [-0.3, -0.25) is 4.79 Å². The van der Waals surface area contributed by atoms with Crippen molar-refractivity contribution >= 4 is 5.97 Å². The van der Waals surface area contributed by atoms with Crippen LogP contribution in [0.15, 0.2) is 30.3 Å². The lowest BCUT2D eigenvalue weighted by atomic mass is 10.2. The van der Waals surface area contributed by atoms with E-state index >= 15 is 0 Å². The van der Waals surface area contributed by atoms with E-state index in [4.69, 9.17) is 14.2 Å². The number of hydrogen-bond acceptors (Lipinski definition) is 6. The maximum absolute atomic E-state index is 11.3. The summed E-state index contributed by atoms with van der Waals surface area (Å²) in [5, 5.41) is 8.03. The molecule has 21 heavy (non-hydrogen) atoms. The first-order valence-corrected chi connectivity index (χ1v) is 6.73.